The van der Waals surface area contributed by atoms with Gasteiger partial charge in [0.1, 0.15) is 13.2 Å². The predicted octanol–water partition coefficient (Wildman–Crippen LogP) is 2.95. The van der Waals surface area contributed by atoms with Crippen LogP contribution in [0.4, 0.5) is 0 Å². The van der Waals surface area contributed by atoms with Crippen molar-refractivity contribution in [3.8, 4) is 11.5 Å². The van der Waals surface area contributed by atoms with Crippen LogP contribution in [0.3, 0.4) is 0 Å². The predicted molar refractivity (Wildman–Crippen MR) is 69.6 cm³/mol. The van der Waals surface area contributed by atoms with Gasteiger partial charge in [0.25, 0.3) is 0 Å². The second-order valence-corrected chi connectivity index (χ2v) is 5.48. The third-order valence-electron chi connectivity index (χ3n) is 3.49. The van der Waals surface area contributed by atoms with Crippen LogP contribution in [0.5, 0.6) is 11.5 Å². The molecule has 1 aliphatic carbocycles. The lowest BCUT2D eigenvalue weighted by molar-refractivity contribution is 0.168. The fraction of sp³-hybridized carbons (Fsp3) is 0.538. The van der Waals surface area contributed by atoms with Gasteiger partial charge in [-0.1, -0.05) is 22.4 Å². The highest BCUT2D eigenvalue weighted by molar-refractivity contribution is 9.10. The second-order valence-electron chi connectivity index (χ2n) is 4.63. The summed E-state index contributed by atoms with van der Waals surface area (Å²) >= 11 is 3.63. The molecular formula is C13H16BrNO2. The highest BCUT2D eigenvalue weighted by Crippen LogP contribution is 2.45. The Morgan fingerprint density at radius 2 is 2.06 bits per heavy atom. The lowest BCUT2D eigenvalue weighted by atomic mass is 9.97. The Hall–Kier alpha value is -0.740. The molecule has 0 saturated heterocycles. The number of nitrogens with two attached hydrogens (primary N) is 1. The Morgan fingerprint density at radius 3 is 2.94 bits per heavy atom. The van der Waals surface area contributed by atoms with E-state index < -0.39 is 0 Å². The van der Waals surface area contributed by atoms with Crippen molar-refractivity contribution in [2.75, 3.05) is 13.2 Å². The summed E-state index contributed by atoms with van der Waals surface area (Å²) in [5.74, 6) is 1.71. The van der Waals surface area contributed by atoms with Crippen LogP contribution < -0.4 is 15.2 Å². The molecule has 17 heavy (non-hydrogen) atoms. The van der Waals surface area contributed by atoms with Gasteiger partial charge in [0.15, 0.2) is 11.5 Å². The molecule has 0 saturated carbocycles. The Labute approximate surface area is 109 Å². The van der Waals surface area contributed by atoms with E-state index >= 15 is 0 Å². The van der Waals surface area contributed by atoms with Gasteiger partial charge in [0, 0.05) is 16.1 Å². The monoisotopic (exact) mass is 297 g/mol. The van der Waals surface area contributed by atoms with Crippen molar-refractivity contribution < 1.29 is 9.47 Å². The van der Waals surface area contributed by atoms with E-state index in [1.165, 1.54) is 18.4 Å². The van der Waals surface area contributed by atoms with Gasteiger partial charge >= 0.3 is 0 Å². The van der Waals surface area contributed by atoms with Crippen LogP contribution in [0.25, 0.3) is 0 Å². The van der Waals surface area contributed by atoms with Crippen LogP contribution in [0, 0.1) is 0 Å². The van der Waals surface area contributed by atoms with Crippen molar-refractivity contribution in [1.82, 2.24) is 0 Å². The first-order chi connectivity index (χ1) is 8.27. The lowest BCUT2D eigenvalue weighted by Crippen LogP contribution is -2.20. The van der Waals surface area contributed by atoms with E-state index in [1.54, 1.807) is 0 Å². The first-order valence-electron chi connectivity index (χ1n) is 6.14. The minimum absolute atomic E-state index is 0.0699. The molecule has 1 aliphatic heterocycles. The Balaban J connectivity index is 2.19. The summed E-state index contributed by atoms with van der Waals surface area (Å²) in [5.41, 5.74) is 8.75. The molecule has 0 aromatic heterocycles. The molecule has 1 aromatic carbocycles. The van der Waals surface area contributed by atoms with Crippen LogP contribution in [0.1, 0.15) is 36.4 Å². The molecule has 1 aromatic rings. The largest absolute Gasteiger partial charge is 0.486 e. The van der Waals surface area contributed by atoms with Crippen molar-refractivity contribution >= 4 is 15.9 Å². The fourth-order valence-electron chi connectivity index (χ4n) is 2.67. The number of ether oxygens (including phenoxy) is 2. The molecule has 0 bridgehead atoms. The minimum atomic E-state index is 0.0699. The zero-order valence-corrected chi connectivity index (χ0v) is 11.3. The second kappa shape index (κ2) is 4.50. The topological polar surface area (TPSA) is 44.5 Å². The molecular weight excluding hydrogens is 282 g/mol. The zero-order valence-electron chi connectivity index (χ0n) is 9.67. The van der Waals surface area contributed by atoms with Crippen LogP contribution >= 0.6 is 15.9 Å². The molecule has 2 aliphatic rings. The number of fused-ring (bicyclic) bond motifs is 3. The molecule has 3 nitrogen and oxygen atoms in total. The normalized spacial score (nSPS) is 22.8. The van der Waals surface area contributed by atoms with Crippen LogP contribution in [0.2, 0.25) is 0 Å². The molecule has 3 rings (SSSR count). The third kappa shape index (κ3) is 1.93. The van der Waals surface area contributed by atoms with E-state index in [-0.39, 0.29) is 6.04 Å². The van der Waals surface area contributed by atoms with Crippen LogP contribution in [-0.4, -0.2) is 13.2 Å². The Kier molecular flexibility index (Phi) is 3.01. The summed E-state index contributed by atoms with van der Waals surface area (Å²) in [6.45, 7) is 1.24. The van der Waals surface area contributed by atoms with Gasteiger partial charge in [0.05, 0.1) is 0 Å². The standard InChI is InChI=1S/C13H16BrNO2/c14-9-7-11-13(17-6-5-16-11)12-8(9)3-1-2-4-10(12)15/h7,10H,1-6,15H2. The lowest BCUT2D eigenvalue weighted by Gasteiger charge is -2.25. The maximum atomic E-state index is 6.28. The van der Waals surface area contributed by atoms with E-state index in [0.717, 1.165) is 34.4 Å². The number of hydrogen-bond acceptors (Lipinski definition) is 3. The van der Waals surface area contributed by atoms with Crippen molar-refractivity contribution in [2.45, 2.75) is 31.7 Å². The van der Waals surface area contributed by atoms with Crippen molar-refractivity contribution in [1.29, 1.82) is 0 Å². The Bertz CT molecular complexity index is 448. The summed E-state index contributed by atoms with van der Waals surface area (Å²) in [6.07, 6.45) is 4.47. The van der Waals surface area contributed by atoms with Gasteiger partial charge in [-0.2, -0.15) is 0 Å². The summed E-state index contributed by atoms with van der Waals surface area (Å²) in [6, 6.07) is 2.09. The fourth-order valence-corrected chi connectivity index (χ4v) is 3.29. The Morgan fingerprint density at radius 1 is 1.24 bits per heavy atom. The summed E-state index contributed by atoms with van der Waals surface area (Å²) in [5, 5.41) is 0. The molecule has 0 radical (unpaired) electrons. The maximum absolute atomic E-state index is 6.28. The first-order valence-corrected chi connectivity index (χ1v) is 6.93. The number of halogens is 1. The molecule has 1 unspecified atom stereocenters. The van der Waals surface area contributed by atoms with Crippen LogP contribution in [0.15, 0.2) is 10.5 Å². The molecule has 92 valence electrons. The minimum Gasteiger partial charge on any atom is -0.486 e. The summed E-state index contributed by atoms with van der Waals surface area (Å²) in [4.78, 5) is 0. The zero-order chi connectivity index (χ0) is 11.8. The van der Waals surface area contributed by atoms with E-state index in [9.17, 15) is 0 Å². The quantitative estimate of drug-likeness (QED) is 0.749. The van der Waals surface area contributed by atoms with Crippen molar-refractivity contribution in [3.05, 3.63) is 21.7 Å². The van der Waals surface area contributed by atoms with Gasteiger partial charge < -0.3 is 15.2 Å². The van der Waals surface area contributed by atoms with Gasteiger partial charge in [0.2, 0.25) is 0 Å². The van der Waals surface area contributed by atoms with E-state index in [2.05, 4.69) is 15.9 Å². The molecule has 0 fully saturated rings. The molecule has 1 heterocycles. The molecule has 1 atom stereocenters. The summed E-state index contributed by atoms with van der Waals surface area (Å²) < 4.78 is 12.5. The average molecular weight is 298 g/mol. The van der Waals surface area contributed by atoms with Crippen molar-refractivity contribution in [2.24, 2.45) is 5.73 Å². The highest BCUT2D eigenvalue weighted by Gasteiger charge is 2.27. The number of benzene rings is 1. The first kappa shape index (κ1) is 11.4. The van der Waals surface area contributed by atoms with Gasteiger partial charge in [-0.3, -0.25) is 0 Å². The SMILES string of the molecule is NC1CCCCc2c(Br)cc3c(c21)OCCO3. The summed E-state index contributed by atoms with van der Waals surface area (Å²) in [7, 11) is 0. The molecule has 4 heteroatoms. The maximum Gasteiger partial charge on any atom is 0.166 e. The smallest absolute Gasteiger partial charge is 0.166 e. The highest BCUT2D eigenvalue weighted by atomic mass is 79.9. The van der Waals surface area contributed by atoms with E-state index in [0.29, 0.717) is 13.2 Å². The van der Waals surface area contributed by atoms with E-state index in [1.807, 2.05) is 6.07 Å². The van der Waals surface area contributed by atoms with Gasteiger partial charge in [-0.15, -0.1) is 0 Å². The van der Waals surface area contributed by atoms with Crippen LogP contribution in [-0.2, 0) is 6.42 Å². The van der Waals surface area contributed by atoms with Crippen molar-refractivity contribution in [3.63, 3.8) is 0 Å². The van der Waals surface area contributed by atoms with Gasteiger partial charge in [-0.25, -0.2) is 0 Å². The molecule has 0 amide bonds. The average Bonchev–Trinajstić information content (AvgIpc) is 2.52. The molecule has 2 N–H and O–H groups in total. The third-order valence-corrected chi connectivity index (χ3v) is 4.20. The van der Waals surface area contributed by atoms with Gasteiger partial charge in [-0.05, 0) is 30.9 Å². The number of rotatable bonds is 0. The molecule has 0 spiro atoms. The number of hydrogen-bond donors (Lipinski definition) is 1. The van der Waals surface area contributed by atoms with E-state index in [4.69, 9.17) is 15.2 Å².